The smallest absolute Gasteiger partial charge is 0.330 e. The topological polar surface area (TPSA) is 106 Å². The summed E-state index contributed by atoms with van der Waals surface area (Å²) >= 11 is 4.86. The highest BCUT2D eigenvalue weighted by atomic mass is 32.1. The monoisotopic (exact) mass is 377 g/mol. The Kier molecular flexibility index (Phi) is 9.12. The minimum Gasteiger partial charge on any atom is -0.490 e. The van der Waals surface area contributed by atoms with Gasteiger partial charge in [0, 0.05) is 17.7 Å². The summed E-state index contributed by atoms with van der Waals surface area (Å²) in [4.78, 5) is 34.6. The van der Waals surface area contributed by atoms with E-state index in [4.69, 9.17) is 17.0 Å². The van der Waals surface area contributed by atoms with Crippen molar-refractivity contribution in [1.29, 1.82) is 0 Å². The van der Waals surface area contributed by atoms with Gasteiger partial charge in [0.2, 0.25) is 5.91 Å². The van der Waals surface area contributed by atoms with E-state index in [0.717, 1.165) is 12.2 Å². The van der Waals surface area contributed by atoms with Gasteiger partial charge >= 0.3 is 5.97 Å². The van der Waals surface area contributed by atoms with Gasteiger partial charge in [-0.15, -0.1) is 0 Å². The van der Waals surface area contributed by atoms with Gasteiger partial charge in [-0.05, 0) is 43.4 Å². The highest BCUT2D eigenvalue weighted by Crippen LogP contribution is 2.11. The normalized spacial score (nSPS) is 9.88. The van der Waals surface area contributed by atoms with Crippen LogP contribution in [0.4, 0.5) is 0 Å². The summed E-state index contributed by atoms with van der Waals surface area (Å²) in [7, 11) is 0. The molecule has 0 radical (unpaired) electrons. The summed E-state index contributed by atoms with van der Waals surface area (Å²) in [6.45, 7) is 5.77. The summed E-state index contributed by atoms with van der Waals surface area (Å²) in [5.41, 5.74) is 5.07. The molecule has 0 heterocycles. The molecule has 9 heteroatoms. The Morgan fingerprint density at radius 1 is 1.15 bits per heavy atom. The van der Waals surface area contributed by atoms with Gasteiger partial charge in [-0.2, -0.15) is 0 Å². The number of benzene rings is 1. The molecular weight excluding hydrogens is 358 g/mol. The predicted molar refractivity (Wildman–Crippen MR) is 99.2 cm³/mol. The van der Waals surface area contributed by atoms with Crippen LogP contribution in [-0.2, 0) is 14.3 Å². The van der Waals surface area contributed by atoms with Gasteiger partial charge in [0.05, 0.1) is 6.61 Å². The molecule has 138 valence electrons. The number of hydrazine groups is 1. The molecule has 8 nitrogen and oxygen atoms in total. The molecule has 0 unspecified atom stereocenters. The third-order valence-corrected chi connectivity index (χ3v) is 2.87. The van der Waals surface area contributed by atoms with E-state index in [1.165, 1.54) is 0 Å². The molecule has 0 fully saturated rings. The largest absolute Gasteiger partial charge is 0.490 e. The molecule has 0 atom stereocenters. The minimum atomic E-state index is -0.645. The standard InChI is InChI=1S/C17H19N3O5S/c1-3-11-25-13-7-5-12(6-8-13)16(23)19-20-17(26)18-14(21)9-10-15(22)24-4-2/h3,5-10H,1,4,11H2,2H3,(H,19,23)(H2,18,20,21,26)/b10-9+. The first-order valence-corrected chi connectivity index (χ1v) is 7.97. The summed E-state index contributed by atoms with van der Waals surface area (Å²) in [5, 5.41) is 2.12. The number of thiocarbonyl (C=S) groups is 1. The molecule has 0 saturated carbocycles. The predicted octanol–water partition coefficient (Wildman–Crippen LogP) is 1.01. The number of carbonyl (C=O) groups excluding carboxylic acids is 3. The van der Waals surface area contributed by atoms with Gasteiger partial charge in [-0.3, -0.25) is 25.8 Å². The summed E-state index contributed by atoms with van der Waals surface area (Å²) < 4.78 is 9.94. The molecule has 0 saturated heterocycles. The molecule has 3 N–H and O–H groups in total. The molecule has 0 aliphatic rings. The van der Waals surface area contributed by atoms with E-state index in [2.05, 4.69) is 27.5 Å². The van der Waals surface area contributed by atoms with E-state index < -0.39 is 17.8 Å². The van der Waals surface area contributed by atoms with Gasteiger partial charge < -0.3 is 9.47 Å². The third kappa shape index (κ3) is 8.06. The van der Waals surface area contributed by atoms with Crippen molar-refractivity contribution >= 4 is 35.1 Å². The number of hydrogen-bond acceptors (Lipinski definition) is 6. The summed E-state index contributed by atoms with van der Waals surface area (Å²) in [6, 6.07) is 6.41. The third-order valence-electron chi connectivity index (χ3n) is 2.67. The summed E-state index contributed by atoms with van der Waals surface area (Å²) in [6.07, 6.45) is 3.55. The SMILES string of the molecule is C=CCOc1ccc(C(=O)NNC(=S)NC(=O)/C=C/C(=O)OCC)cc1. The van der Waals surface area contributed by atoms with Crippen molar-refractivity contribution in [3.8, 4) is 5.75 Å². The van der Waals surface area contributed by atoms with Crippen molar-refractivity contribution in [3.63, 3.8) is 0 Å². The molecule has 0 aromatic heterocycles. The highest BCUT2D eigenvalue weighted by molar-refractivity contribution is 7.80. The van der Waals surface area contributed by atoms with Gasteiger partial charge in [-0.25, -0.2) is 4.79 Å². The second-order valence-electron chi connectivity index (χ2n) is 4.61. The maximum Gasteiger partial charge on any atom is 0.330 e. The first kappa shape index (κ1) is 20.8. The van der Waals surface area contributed by atoms with E-state index in [9.17, 15) is 14.4 Å². The van der Waals surface area contributed by atoms with E-state index in [-0.39, 0.29) is 11.7 Å². The van der Waals surface area contributed by atoms with Crippen LogP contribution in [0.5, 0.6) is 5.75 Å². The van der Waals surface area contributed by atoms with E-state index in [1.807, 2.05) is 0 Å². The molecule has 0 spiro atoms. The maximum atomic E-state index is 12.0. The fraction of sp³-hybridized carbons (Fsp3) is 0.176. The van der Waals surface area contributed by atoms with Crippen LogP contribution < -0.4 is 20.9 Å². The minimum absolute atomic E-state index is 0.136. The first-order chi connectivity index (χ1) is 12.5. The van der Waals surface area contributed by atoms with Crippen molar-refractivity contribution in [2.75, 3.05) is 13.2 Å². The van der Waals surface area contributed by atoms with Crippen LogP contribution in [0.25, 0.3) is 0 Å². The number of carbonyl (C=O) groups is 3. The summed E-state index contributed by atoms with van der Waals surface area (Å²) in [5.74, 6) is -1.15. The fourth-order valence-electron chi connectivity index (χ4n) is 1.56. The number of rotatable bonds is 7. The lowest BCUT2D eigenvalue weighted by Crippen LogP contribution is -2.48. The van der Waals surface area contributed by atoms with Gasteiger partial charge in [0.25, 0.3) is 5.91 Å². The Labute approximate surface area is 156 Å². The molecule has 0 bridgehead atoms. The van der Waals surface area contributed by atoms with Gasteiger partial charge in [0.15, 0.2) is 5.11 Å². The zero-order valence-corrected chi connectivity index (χ0v) is 14.9. The number of nitrogens with one attached hydrogen (secondary N) is 3. The Hall–Kier alpha value is -3.20. The van der Waals surface area contributed by atoms with Crippen molar-refractivity contribution in [2.24, 2.45) is 0 Å². The number of hydrogen-bond donors (Lipinski definition) is 3. The average Bonchev–Trinajstić information content (AvgIpc) is 2.63. The number of amides is 2. The molecule has 0 aliphatic carbocycles. The van der Waals surface area contributed by atoms with Crippen molar-refractivity contribution in [1.82, 2.24) is 16.2 Å². The lowest BCUT2D eigenvalue weighted by atomic mass is 10.2. The van der Waals surface area contributed by atoms with Gasteiger partial charge in [0.1, 0.15) is 12.4 Å². The lowest BCUT2D eigenvalue weighted by Gasteiger charge is -2.10. The second kappa shape index (κ2) is 11.4. The first-order valence-electron chi connectivity index (χ1n) is 7.56. The van der Waals surface area contributed by atoms with E-state index in [1.54, 1.807) is 37.3 Å². The van der Waals surface area contributed by atoms with Crippen LogP contribution in [0.15, 0.2) is 49.1 Å². The lowest BCUT2D eigenvalue weighted by molar-refractivity contribution is -0.137. The molecule has 2 amide bonds. The molecular formula is C17H19N3O5S. The number of esters is 1. The van der Waals surface area contributed by atoms with Crippen LogP contribution in [0.2, 0.25) is 0 Å². The van der Waals surface area contributed by atoms with E-state index >= 15 is 0 Å². The van der Waals surface area contributed by atoms with Crippen LogP contribution in [-0.4, -0.2) is 36.1 Å². The Morgan fingerprint density at radius 2 is 1.85 bits per heavy atom. The van der Waals surface area contributed by atoms with Crippen molar-refractivity contribution in [2.45, 2.75) is 6.92 Å². The average molecular weight is 377 g/mol. The molecule has 0 aliphatic heterocycles. The maximum absolute atomic E-state index is 12.0. The zero-order chi connectivity index (χ0) is 19.4. The van der Waals surface area contributed by atoms with Crippen LogP contribution in [0.1, 0.15) is 17.3 Å². The Balaban J connectivity index is 2.41. The van der Waals surface area contributed by atoms with Crippen molar-refractivity contribution < 1.29 is 23.9 Å². The van der Waals surface area contributed by atoms with Crippen LogP contribution >= 0.6 is 12.2 Å². The van der Waals surface area contributed by atoms with Crippen molar-refractivity contribution in [3.05, 3.63) is 54.6 Å². The fourth-order valence-corrected chi connectivity index (χ4v) is 1.71. The quantitative estimate of drug-likeness (QED) is 0.214. The second-order valence-corrected chi connectivity index (χ2v) is 5.02. The van der Waals surface area contributed by atoms with Crippen LogP contribution in [0, 0.1) is 0 Å². The van der Waals surface area contributed by atoms with Gasteiger partial charge in [-0.1, -0.05) is 12.7 Å². The molecule has 26 heavy (non-hydrogen) atoms. The number of ether oxygens (including phenoxy) is 2. The Bertz CT molecular complexity index is 701. The molecule has 1 aromatic carbocycles. The van der Waals surface area contributed by atoms with Crippen LogP contribution in [0.3, 0.4) is 0 Å². The molecule has 1 rings (SSSR count). The zero-order valence-electron chi connectivity index (χ0n) is 14.1. The van der Waals surface area contributed by atoms with E-state index in [0.29, 0.717) is 17.9 Å². The molecule has 1 aromatic rings. The Morgan fingerprint density at radius 3 is 2.46 bits per heavy atom. The highest BCUT2D eigenvalue weighted by Gasteiger charge is 2.07.